The lowest BCUT2D eigenvalue weighted by molar-refractivity contribution is 0.102. The van der Waals surface area contributed by atoms with Crippen molar-refractivity contribution in [2.24, 2.45) is 0 Å². The van der Waals surface area contributed by atoms with Gasteiger partial charge in [0.15, 0.2) is 11.5 Å². The highest BCUT2D eigenvalue weighted by Gasteiger charge is 2.13. The summed E-state index contributed by atoms with van der Waals surface area (Å²) in [6, 6.07) is 19.8. The molecule has 5 nitrogen and oxygen atoms in total. The van der Waals surface area contributed by atoms with Crippen molar-refractivity contribution in [1.29, 1.82) is 0 Å². The molecule has 142 valence electrons. The molecule has 0 fully saturated rings. The normalized spacial score (nSPS) is 12.3. The van der Waals surface area contributed by atoms with Crippen LogP contribution in [0, 0.1) is 0 Å². The van der Waals surface area contributed by atoms with Gasteiger partial charge in [0.25, 0.3) is 5.91 Å². The molecule has 1 N–H and O–H groups in total. The Kier molecular flexibility index (Phi) is 5.35. The molecular formula is C22H18ClNO4. The number of rotatable bonds is 5. The van der Waals surface area contributed by atoms with E-state index in [1.54, 1.807) is 42.5 Å². The van der Waals surface area contributed by atoms with E-state index >= 15 is 0 Å². The smallest absolute Gasteiger partial charge is 0.255 e. The largest absolute Gasteiger partial charge is 0.489 e. The van der Waals surface area contributed by atoms with Crippen LogP contribution in [0.3, 0.4) is 0 Å². The van der Waals surface area contributed by atoms with Crippen LogP contribution < -0.4 is 19.5 Å². The summed E-state index contributed by atoms with van der Waals surface area (Å²) in [5, 5.41) is 3.53. The quantitative estimate of drug-likeness (QED) is 0.664. The van der Waals surface area contributed by atoms with E-state index in [4.69, 9.17) is 25.8 Å². The minimum atomic E-state index is -0.214. The van der Waals surface area contributed by atoms with Gasteiger partial charge in [-0.1, -0.05) is 29.8 Å². The summed E-state index contributed by atoms with van der Waals surface area (Å²) in [6.07, 6.45) is 0. The highest BCUT2D eigenvalue weighted by atomic mass is 35.5. The van der Waals surface area contributed by atoms with Crippen LogP contribution in [0.5, 0.6) is 17.2 Å². The fourth-order valence-electron chi connectivity index (χ4n) is 2.80. The minimum Gasteiger partial charge on any atom is -0.489 e. The van der Waals surface area contributed by atoms with E-state index in [1.807, 2.05) is 24.3 Å². The summed E-state index contributed by atoms with van der Waals surface area (Å²) in [5.74, 6) is 1.77. The van der Waals surface area contributed by atoms with Gasteiger partial charge >= 0.3 is 0 Å². The molecular weight excluding hydrogens is 378 g/mol. The number of nitrogens with one attached hydrogen (secondary N) is 1. The van der Waals surface area contributed by atoms with Gasteiger partial charge in [0.1, 0.15) is 25.6 Å². The van der Waals surface area contributed by atoms with E-state index in [0.717, 1.165) is 5.56 Å². The first kappa shape index (κ1) is 18.2. The van der Waals surface area contributed by atoms with Gasteiger partial charge in [-0.05, 0) is 42.5 Å². The van der Waals surface area contributed by atoms with Crippen LogP contribution in [0.4, 0.5) is 5.69 Å². The molecule has 0 spiro atoms. The Morgan fingerprint density at radius 3 is 2.50 bits per heavy atom. The number of hydrogen-bond donors (Lipinski definition) is 1. The van der Waals surface area contributed by atoms with Crippen molar-refractivity contribution < 1.29 is 19.0 Å². The van der Waals surface area contributed by atoms with Gasteiger partial charge in [0.05, 0.1) is 0 Å². The number of halogens is 1. The van der Waals surface area contributed by atoms with Gasteiger partial charge in [-0.25, -0.2) is 0 Å². The highest BCUT2D eigenvalue weighted by Crippen LogP contribution is 2.32. The third-order valence-corrected chi connectivity index (χ3v) is 4.64. The monoisotopic (exact) mass is 395 g/mol. The van der Waals surface area contributed by atoms with Crippen molar-refractivity contribution in [3.05, 3.63) is 82.9 Å². The Morgan fingerprint density at radius 2 is 1.71 bits per heavy atom. The lowest BCUT2D eigenvalue weighted by atomic mass is 10.2. The zero-order valence-electron chi connectivity index (χ0n) is 15.0. The average molecular weight is 396 g/mol. The third kappa shape index (κ3) is 4.21. The molecule has 4 rings (SSSR count). The highest BCUT2D eigenvalue weighted by molar-refractivity contribution is 6.31. The molecule has 0 saturated heterocycles. The van der Waals surface area contributed by atoms with Crippen LogP contribution in [0.15, 0.2) is 66.7 Å². The van der Waals surface area contributed by atoms with Gasteiger partial charge < -0.3 is 19.5 Å². The topological polar surface area (TPSA) is 56.8 Å². The summed E-state index contributed by atoms with van der Waals surface area (Å²) >= 11 is 6.13. The number of fused-ring (bicyclic) bond motifs is 1. The molecule has 6 heteroatoms. The molecule has 3 aromatic carbocycles. The van der Waals surface area contributed by atoms with Crippen molar-refractivity contribution >= 4 is 23.2 Å². The number of benzene rings is 3. The molecule has 0 bridgehead atoms. The number of carbonyl (C=O) groups is 1. The van der Waals surface area contributed by atoms with Crippen LogP contribution >= 0.6 is 11.6 Å². The zero-order valence-corrected chi connectivity index (χ0v) is 15.7. The molecule has 3 aromatic rings. The predicted octanol–water partition coefficient (Wildman–Crippen LogP) is 4.94. The van der Waals surface area contributed by atoms with Gasteiger partial charge in [-0.15, -0.1) is 0 Å². The maximum Gasteiger partial charge on any atom is 0.255 e. The molecule has 0 saturated carbocycles. The first-order valence-electron chi connectivity index (χ1n) is 8.86. The van der Waals surface area contributed by atoms with Crippen LogP contribution in [0.2, 0.25) is 5.02 Å². The summed E-state index contributed by atoms with van der Waals surface area (Å²) in [4.78, 5) is 12.5. The molecule has 0 aromatic heterocycles. The van der Waals surface area contributed by atoms with Crippen molar-refractivity contribution in [3.63, 3.8) is 0 Å². The van der Waals surface area contributed by atoms with E-state index in [0.29, 0.717) is 53.3 Å². The van der Waals surface area contributed by atoms with Crippen molar-refractivity contribution in [3.8, 4) is 17.2 Å². The Balaban J connectivity index is 1.38. The first-order valence-corrected chi connectivity index (χ1v) is 9.24. The predicted molar refractivity (Wildman–Crippen MR) is 108 cm³/mol. The number of carbonyl (C=O) groups excluding carboxylic acids is 1. The van der Waals surface area contributed by atoms with E-state index in [2.05, 4.69) is 5.32 Å². The molecule has 28 heavy (non-hydrogen) atoms. The standard InChI is InChI=1S/C22H18ClNO4/c23-19-4-2-1-3-16(19)14-28-18-8-5-15(6-9-18)22(25)24-17-7-10-20-21(13-17)27-12-11-26-20/h1-10,13H,11-12,14H2,(H,24,25). The molecule has 0 aliphatic carbocycles. The van der Waals surface area contributed by atoms with Gasteiger partial charge in [0, 0.05) is 27.9 Å². The summed E-state index contributed by atoms with van der Waals surface area (Å²) in [6.45, 7) is 1.39. The van der Waals surface area contributed by atoms with Gasteiger partial charge in [-0.2, -0.15) is 0 Å². The molecule has 1 amide bonds. The minimum absolute atomic E-state index is 0.214. The zero-order chi connectivity index (χ0) is 19.3. The molecule has 0 radical (unpaired) electrons. The molecule has 1 heterocycles. The lowest BCUT2D eigenvalue weighted by Gasteiger charge is -2.19. The second-order valence-corrected chi connectivity index (χ2v) is 6.62. The van der Waals surface area contributed by atoms with Crippen molar-refractivity contribution in [1.82, 2.24) is 0 Å². The summed E-state index contributed by atoms with van der Waals surface area (Å²) in [7, 11) is 0. The van der Waals surface area contributed by atoms with Gasteiger partial charge in [-0.3, -0.25) is 4.79 Å². The second kappa shape index (κ2) is 8.23. The average Bonchev–Trinajstić information content (AvgIpc) is 2.73. The number of ether oxygens (including phenoxy) is 3. The molecule has 1 aliphatic rings. The maximum absolute atomic E-state index is 12.5. The summed E-state index contributed by atoms with van der Waals surface area (Å²) in [5.41, 5.74) is 2.08. The van der Waals surface area contributed by atoms with Crippen molar-refractivity contribution in [2.75, 3.05) is 18.5 Å². The summed E-state index contributed by atoms with van der Waals surface area (Å²) < 4.78 is 16.8. The fourth-order valence-corrected chi connectivity index (χ4v) is 2.99. The Hall–Kier alpha value is -3.18. The van der Waals surface area contributed by atoms with Crippen LogP contribution in [-0.2, 0) is 6.61 Å². The number of hydrogen-bond acceptors (Lipinski definition) is 4. The Labute approximate surface area is 167 Å². The van der Waals surface area contributed by atoms with E-state index in [1.165, 1.54) is 0 Å². The molecule has 1 aliphatic heterocycles. The lowest BCUT2D eigenvalue weighted by Crippen LogP contribution is -2.16. The Bertz CT molecular complexity index is 988. The SMILES string of the molecule is O=C(Nc1ccc2c(c1)OCCO2)c1ccc(OCc2ccccc2Cl)cc1. The molecule has 0 atom stereocenters. The van der Waals surface area contributed by atoms with Crippen LogP contribution in [0.25, 0.3) is 0 Å². The van der Waals surface area contributed by atoms with Crippen molar-refractivity contribution in [2.45, 2.75) is 6.61 Å². The van der Waals surface area contributed by atoms with E-state index < -0.39 is 0 Å². The van der Waals surface area contributed by atoms with Gasteiger partial charge in [0.2, 0.25) is 0 Å². The fraction of sp³-hybridized carbons (Fsp3) is 0.136. The number of anilines is 1. The van der Waals surface area contributed by atoms with Crippen LogP contribution in [-0.4, -0.2) is 19.1 Å². The number of amides is 1. The Morgan fingerprint density at radius 1 is 0.964 bits per heavy atom. The maximum atomic E-state index is 12.5. The van der Waals surface area contributed by atoms with E-state index in [9.17, 15) is 4.79 Å². The van der Waals surface area contributed by atoms with Crippen LogP contribution in [0.1, 0.15) is 15.9 Å². The second-order valence-electron chi connectivity index (χ2n) is 6.22. The molecule has 0 unspecified atom stereocenters. The van der Waals surface area contributed by atoms with E-state index in [-0.39, 0.29) is 5.91 Å². The third-order valence-electron chi connectivity index (χ3n) is 4.27. The first-order chi connectivity index (χ1) is 13.7.